The van der Waals surface area contributed by atoms with Crippen LogP contribution in [0.5, 0.6) is 0 Å². The predicted molar refractivity (Wildman–Crippen MR) is 121 cm³/mol. The number of hydrogen-bond donors (Lipinski definition) is 2. The van der Waals surface area contributed by atoms with Gasteiger partial charge in [-0.15, -0.1) is 0 Å². The number of benzene rings is 4. The molecule has 8 rings (SSSR count). The molecule has 4 aromatic rings. The molecule has 0 fully saturated rings. The van der Waals surface area contributed by atoms with Crippen LogP contribution >= 0.6 is 0 Å². The van der Waals surface area contributed by atoms with E-state index in [0.717, 1.165) is 38.2 Å². The number of hydrogen-bond acceptors (Lipinski definition) is 4. The first-order chi connectivity index (χ1) is 14.8. The molecule has 0 aromatic heterocycles. The first kappa shape index (κ1) is 20.2. The second-order valence-corrected chi connectivity index (χ2v) is 8.57. The van der Waals surface area contributed by atoms with E-state index in [-0.39, 0.29) is 6.61 Å². The van der Waals surface area contributed by atoms with E-state index in [1.807, 2.05) is 66.7 Å². The Labute approximate surface area is 181 Å². The summed E-state index contributed by atoms with van der Waals surface area (Å²) in [6.07, 6.45) is 0.668. The lowest BCUT2D eigenvalue weighted by Gasteiger charge is -2.26. The zero-order valence-electron chi connectivity index (χ0n) is 17.8. The monoisotopic (exact) mass is 414 g/mol. The Bertz CT molecular complexity index is 1270. The van der Waals surface area contributed by atoms with Gasteiger partial charge < -0.3 is 19.7 Å². The van der Waals surface area contributed by atoms with Gasteiger partial charge in [-0.3, -0.25) is 0 Å². The first-order valence-electron chi connectivity index (χ1n) is 10.6. The van der Waals surface area contributed by atoms with Crippen molar-refractivity contribution in [2.45, 2.75) is 38.4 Å². The molecule has 158 valence electrons. The van der Waals surface area contributed by atoms with Gasteiger partial charge in [-0.05, 0) is 59.0 Å². The van der Waals surface area contributed by atoms with Crippen molar-refractivity contribution in [3.05, 3.63) is 95.1 Å². The largest absolute Gasteiger partial charge is 0.362 e. The highest BCUT2D eigenvalue weighted by molar-refractivity contribution is 5.87. The Kier molecular flexibility index (Phi) is 4.83. The van der Waals surface area contributed by atoms with Crippen LogP contribution in [0.15, 0.2) is 72.8 Å². The van der Waals surface area contributed by atoms with Crippen LogP contribution < -0.4 is 0 Å². The molecule has 2 atom stereocenters. The molecule has 0 saturated carbocycles. The van der Waals surface area contributed by atoms with E-state index < -0.39 is 11.6 Å². The molecular weight excluding hydrogens is 388 g/mol. The standard InChI is InChI=1S/C27H26O4/c1-26(28)22-10-12-23-20(16-22)5-3-7-21(23)17-31-27(2,29)25-8-4-6-19-15-18(13-14-30-26)9-11-24(19)25/h3-12,15-16,28-29H,13-14,17H2,1-2H3. The van der Waals surface area contributed by atoms with Crippen LogP contribution in [0.25, 0.3) is 21.5 Å². The molecule has 4 heteroatoms. The third-order valence-electron chi connectivity index (χ3n) is 6.23. The Morgan fingerprint density at radius 2 is 1.48 bits per heavy atom. The number of rotatable bonds is 0. The second-order valence-electron chi connectivity index (χ2n) is 8.57. The van der Waals surface area contributed by atoms with Gasteiger partial charge in [-0.25, -0.2) is 0 Å². The lowest BCUT2D eigenvalue weighted by atomic mass is 9.96. The molecule has 2 unspecified atom stereocenters. The minimum atomic E-state index is -1.44. The van der Waals surface area contributed by atoms with Crippen LogP contribution in [-0.2, 0) is 34.1 Å². The van der Waals surface area contributed by atoms with Gasteiger partial charge in [0.25, 0.3) is 0 Å². The lowest BCUT2D eigenvalue weighted by Crippen LogP contribution is -2.26. The lowest BCUT2D eigenvalue weighted by molar-refractivity contribution is -0.205. The molecule has 2 N–H and O–H groups in total. The molecule has 4 aliphatic heterocycles. The fourth-order valence-corrected chi connectivity index (χ4v) is 4.41. The molecule has 0 saturated heterocycles. The van der Waals surface area contributed by atoms with Crippen molar-refractivity contribution in [3.8, 4) is 0 Å². The molecule has 4 aliphatic rings. The van der Waals surface area contributed by atoms with Crippen molar-refractivity contribution in [3.63, 3.8) is 0 Å². The zero-order valence-corrected chi connectivity index (χ0v) is 17.8. The van der Waals surface area contributed by atoms with Gasteiger partial charge >= 0.3 is 0 Å². The third-order valence-corrected chi connectivity index (χ3v) is 6.23. The van der Waals surface area contributed by atoms with E-state index in [2.05, 4.69) is 6.07 Å². The van der Waals surface area contributed by atoms with Crippen molar-refractivity contribution in [2.75, 3.05) is 6.61 Å². The van der Waals surface area contributed by atoms with E-state index in [1.165, 1.54) is 0 Å². The van der Waals surface area contributed by atoms with Crippen LogP contribution in [0, 0.1) is 0 Å². The van der Waals surface area contributed by atoms with Gasteiger partial charge in [0.05, 0.1) is 13.2 Å². The maximum atomic E-state index is 11.2. The number of ether oxygens (including phenoxy) is 2. The second kappa shape index (κ2) is 7.43. The van der Waals surface area contributed by atoms with Gasteiger partial charge in [0.2, 0.25) is 0 Å². The van der Waals surface area contributed by atoms with Crippen LogP contribution in [0.3, 0.4) is 0 Å². The summed E-state index contributed by atoms with van der Waals surface area (Å²) in [5, 5.41) is 26.2. The SMILES string of the molecule is CC1(O)OCCc2ccc3c(cccc3c2)C(C)(O)OCc2cccc3cc1ccc23. The van der Waals surface area contributed by atoms with Crippen LogP contribution in [0.4, 0.5) is 0 Å². The molecule has 0 amide bonds. The van der Waals surface area contributed by atoms with Gasteiger partial charge in [0.15, 0.2) is 11.6 Å². The fraction of sp³-hybridized carbons (Fsp3) is 0.259. The molecule has 4 heterocycles. The van der Waals surface area contributed by atoms with E-state index in [4.69, 9.17) is 9.47 Å². The van der Waals surface area contributed by atoms with Gasteiger partial charge in [-0.2, -0.15) is 0 Å². The summed E-state index contributed by atoms with van der Waals surface area (Å²) >= 11 is 0. The smallest absolute Gasteiger partial charge is 0.190 e. The number of aliphatic hydroxyl groups is 2. The average molecular weight is 415 g/mol. The maximum absolute atomic E-state index is 11.2. The van der Waals surface area contributed by atoms with Gasteiger partial charge in [-0.1, -0.05) is 66.7 Å². The van der Waals surface area contributed by atoms with Crippen LogP contribution in [-0.4, -0.2) is 16.8 Å². The van der Waals surface area contributed by atoms with Crippen molar-refractivity contribution < 1.29 is 19.7 Å². The highest BCUT2D eigenvalue weighted by Crippen LogP contribution is 2.33. The van der Waals surface area contributed by atoms with Crippen molar-refractivity contribution in [2.24, 2.45) is 0 Å². The molecular formula is C27H26O4. The summed E-state index contributed by atoms with van der Waals surface area (Å²) in [7, 11) is 0. The summed E-state index contributed by atoms with van der Waals surface area (Å²) in [4.78, 5) is 0. The summed E-state index contributed by atoms with van der Waals surface area (Å²) in [5.74, 6) is -2.83. The Morgan fingerprint density at radius 3 is 2.32 bits per heavy atom. The summed E-state index contributed by atoms with van der Waals surface area (Å²) < 4.78 is 12.0. The van der Waals surface area contributed by atoms with Crippen molar-refractivity contribution in [1.82, 2.24) is 0 Å². The fourth-order valence-electron chi connectivity index (χ4n) is 4.41. The van der Waals surface area contributed by atoms with Crippen molar-refractivity contribution in [1.29, 1.82) is 0 Å². The molecule has 31 heavy (non-hydrogen) atoms. The van der Waals surface area contributed by atoms with Gasteiger partial charge in [0.1, 0.15) is 0 Å². The normalized spacial score (nSPS) is 24.4. The topological polar surface area (TPSA) is 58.9 Å². The minimum Gasteiger partial charge on any atom is -0.362 e. The van der Waals surface area contributed by atoms with Crippen LogP contribution in [0.1, 0.15) is 36.1 Å². The molecule has 0 spiro atoms. The van der Waals surface area contributed by atoms with Crippen molar-refractivity contribution >= 4 is 21.5 Å². The highest BCUT2D eigenvalue weighted by Gasteiger charge is 2.28. The maximum Gasteiger partial charge on any atom is 0.190 e. The Hall–Kier alpha value is -2.76. The third kappa shape index (κ3) is 3.73. The summed E-state index contributed by atoms with van der Waals surface area (Å²) in [6, 6.07) is 23.8. The van der Waals surface area contributed by atoms with E-state index >= 15 is 0 Å². The predicted octanol–water partition coefficient (Wildman–Crippen LogP) is 5.11. The van der Waals surface area contributed by atoms with Gasteiger partial charge in [0, 0.05) is 11.1 Å². The highest BCUT2D eigenvalue weighted by atomic mass is 16.6. The molecule has 8 bridgehead atoms. The summed E-state index contributed by atoms with van der Waals surface area (Å²) in [6.45, 7) is 4.01. The first-order valence-corrected chi connectivity index (χ1v) is 10.6. The Balaban J connectivity index is 1.66. The van der Waals surface area contributed by atoms with E-state index in [9.17, 15) is 10.2 Å². The zero-order chi connectivity index (χ0) is 21.6. The quantitative estimate of drug-likeness (QED) is 0.420. The molecule has 0 radical (unpaired) electrons. The van der Waals surface area contributed by atoms with E-state index in [1.54, 1.807) is 13.8 Å². The molecule has 0 aliphatic carbocycles. The Morgan fingerprint density at radius 1 is 0.742 bits per heavy atom. The minimum absolute atomic E-state index is 0.255. The molecule has 4 aromatic carbocycles. The van der Waals surface area contributed by atoms with Crippen LogP contribution in [0.2, 0.25) is 0 Å². The average Bonchev–Trinajstić information content (AvgIpc) is 2.76. The molecule has 4 nitrogen and oxygen atoms in total. The van der Waals surface area contributed by atoms with E-state index in [0.29, 0.717) is 18.6 Å². The summed E-state index contributed by atoms with van der Waals surface area (Å²) in [5.41, 5.74) is 3.52.